The number of ether oxygens (including phenoxy) is 1. The Hall–Kier alpha value is -3.39. The Balaban J connectivity index is 1.58. The van der Waals surface area contributed by atoms with Crippen molar-refractivity contribution in [1.29, 1.82) is 0 Å². The van der Waals surface area contributed by atoms with Gasteiger partial charge in [-0.05, 0) is 64.0 Å². The summed E-state index contributed by atoms with van der Waals surface area (Å²) in [6.45, 7) is 3.61. The van der Waals surface area contributed by atoms with Gasteiger partial charge < -0.3 is 10.1 Å². The van der Waals surface area contributed by atoms with Crippen LogP contribution in [0.15, 0.2) is 65.8 Å². The fourth-order valence-electron chi connectivity index (χ4n) is 3.18. The van der Waals surface area contributed by atoms with Gasteiger partial charge in [-0.3, -0.25) is 4.79 Å². The normalized spacial score (nSPS) is 12.0. The van der Waals surface area contributed by atoms with Crippen LogP contribution in [0.5, 0.6) is 5.75 Å². The molecule has 0 bridgehead atoms. The van der Waals surface area contributed by atoms with Crippen LogP contribution in [0.3, 0.4) is 0 Å². The van der Waals surface area contributed by atoms with E-state index in [4.69, 9.17) is 4.74 Å². The second kappa shape index (κ2) is 8.54. The minimum Gasteiger partial charge on any atom is -0.497 e. The smallest absolute Gasteiger partial charge is 0.221 e. The van der Waals surface area contributed by atoms with Gasteiger partial charge in [-0.15, -0.1) is 5.10 Å². The number of aromatic nitrogens is 4. The van der Waals surface area contributed by atoms with Gasteiger partial charge in [0.2, 0.25) is 11.1 Å². The topological polar surface area (TPSA) is 81.9 Å². The number of amides is 1. The van der Waals surface area contributed by atoms with Crippen molar-refractivity contribution >= 4 is 34.1 Å². The molecule has 0 saturated heterocycles. The van der Waals surface area contributed by atoms with Crippen LogP contribution < -0.4 is 10.1 Å². The Morgan fingerprint density at radius 2 is 1.90 bits per heavy atom. The first-order chi connectivity index (χ1) is 14.5. The molecule has 0 aliphatic carbocycles. The molecule has 7 nitrogen and oxygen atoms in total. The van der Waals surface area contributed by atoms with Gasteiger partial charge in [0.15, 0.2) is 0 Å². The van der Waals surface area contributed by atoms with Crippen LogP contribution in [-0.2, 0) is 4.79 Å². The third-order valence-electron chi connectivity index (χ3n) is 4.68. The summed E-state index contributed by atoms with van der Waals surface area (Å²) < 4.78 is 6.98. The number of fused-ring (bicyclic) bond motifs is 1. The Morgan fingerprint density at radius 3 is 2.70 bits per heavy atom. The summed E-state index contributed by atoms with van der Waals surface area (Å²) in [6.07, 6.45) is 0. The predicted octanol–water partition coefficient (Wildman–Crippen LogP) is 4.64. The van der Waals surface area contributed by atoms with E-state index in [-0.39, 0.29) is 11.2 Å². The van der Waals surface area contributed by atoms with E-state index in [0.29, 0.717) is 10.8 Å². The van der Waals surface area contributed by atoms with E-state index in [1.165, 1.54) is 12.5 Å². The molecule has 1 N–H and O–H groups in total. The van der Waals surface area contributed by atoms with Crippen molar-refractivity contribution in [2.45, 2.75) is 24.3 Å². The minimum atomic E-state index is -0.124. The molecule has 0 radical (unpaired) electrons. The summed E-state index contributed by atoms with van der Waals surface area (Å²) in [4.78, 5) is 11.3. The molecule has 1 atom stereocenters. The highest BCUT2D eigenvalue weighted by atomic mass is 32.2. The van der Waals surface area contributed by atoms with Gasteiger partial charge in [0.25, 0.3) is 0 Å². The van der Waals surface area contributed by atoms with Crippen molar-refractivity contribution in [3.8, 4) is 11.4 Å². The Bertz CT molecular complexity index is 1210. The van der Waals surface area contributed by atoms with Crippen LogP contribution in [0.1, 0.15) is 24.7 Å². The summed E-state index contributed by atoms with van der Waals surface area (Å²) in [6, 6.07) is 19.9. The van der Waals surface area contributed by atoms with Gasteiger partial charge in [-0.25, -0.2) is 0 Å². The second-order valence-electron chi connectivity index (χ2n) is 6.84. The SMILES string of the molecule is COc1ccc2cc([C@H](C)Sc3nnnn3-c3cccc(NC(C)=O)c3)ccc2c1. The van der Waals surface area contributed by atoms with Crippen LogP contribution >= 0.6 is 11.8 Å². The molecule has 4 rings (SSSR count). The van der Waals surface area contributed by atoms with Gasteiger partial charge in [-0.2, -0.15) is 4.68 Å². The number of rotatable bonds is 6. The Labute approximate surface area is 178 Å². The van der Waals surface area contributed by atoms with Crippen LogP contribution in [0.4, 0.5) is 5.69 Å². The number of methoxy groups -OCH3 is 1. The number of hydrogen-bond donors (Lipinski definition) is 1. The summed E-state index contributed by atoms with van der Waals surface area (Å²) in [7, 11) is 1.67. The number of nitrogens with one attached hydrogen (secondary N) is 1. The number of benzene rings is 3. The van der Waals surface area contributed by atoms with Gasteiger partial charge in [0, 0.05) is 17.9 Å². The molecule has 8 heteroatoms. The minimum absolute atomic E-state index is 0.124. The molecule has 152 valence electrons. The molecule has 0 saturated carbocycles. The summed E-state index contributed by atoms with van der Waals surface area (Å²) in [5.74, 6) is 0.722. The van der Waals surface area contributed by atoms with E-state index in [1.54, 1.807) is 23.6 Å². The van der Waals surface area contributed by atoms with E-state index in [2.05, 4.69) is 52.0 Å². The maximum atomic E-state index is 11.3. The molecule has 1 aromatic heterocycles. The number of tetrazole rings is 1. The lowest BCUT2D eigenvalue weighted by Gasteiger charge is -2.13. The number of thioether (sulfide) groups is 1. The number of anilines is 1. The quantitative estimate of drug-likeness (QED) is 0.459. The monoisotopic (exact) mass is 419 g/mol. The standard InChI is InChI=1S/C22H21N5O2S/c1-14(16-7-8-18-12-21(29-3)10-9-17(18)11-16)30-22-24-25-26-27(22)20-6-4-5-19(13-20)23-15(2)28/h4-14H,1-3H3,(H,23,28)/t14-/m0/s1. The summed E-state index contributed by atoms with van der Waals surface area (Å²) in [5.41, 5.74) is 2.66. The lowest BCUT2D eigenvalue weighted by Crippen LogP contribution is -2.07. The average molecular weight is 420 g/mol. The van der Waals surface area contributed by atoms with E-state index in [1.807, 2.05) is 36.4 Å². The number of hydrogen-bond acceptors (Lipinski definition) is 6. The molecule has 0 aliphatic rings. The molecule has 3 aromatic carbocycles. The van der Waals surface area contributed by atoms with Gasteiger partial charge in [-0.1, -0.05) is 42.1 Å². The van der Waals surface area contributed by atoms with Crippen LogP contribution in [-0.4, -0.2) is 33.2 Å². The molecule has 1 heterocycles. The highest BCUT2D eigenvalue weighted by Crippen LogP contribution is 2.36. The van der Waals surface area contributed by atoms with Crippen LogP contribution in [0.2, 0.25) is 0 Å². The number of carbonyl (C=O) groups is 1. The number of carbonyl (C=O) groups excluding carboxylic acids is 1. The molecule has 0 fully saturated rings. The molecule has 0 spiro atoms. The maximum absolute atomic E-state index is 11.3. The van der Waals surface area contributed by atoms with Gasteiger partial charge in [0.1, 0.15) is 5.75 Å². The largest absolute Gasteiger partial charge is 0.497 e. The van der Waals surface area contributed by atoms with Crippen molar-refractivity contribution in [2.75, 3.05) is 12.4 Å². The van der Waals surface area contributed by atoms with E-state index >= 15 is 0 Å². The number of nitrogens with zero attached hydrogens (tertiary/aromatic N) is 4. The lowest BCUT2D eigenvalue weighted by molar-refractivity contribution is -0.114. The summed E-state index contributed by atoms with van der Waals surface area (Å²) >= 11 is 1.58. The zero-order valence-corrected chi connectivity index (χ0v) is 17.7. The maximum Gasteiger partial charge on any atom is 0.221 e. The zero-order chi connectivity index (χ0) is 21.1. The zero-order valence-electron chi connectivity index (χ0n) is 16.9. The molecule has 1 amide bonds. The fraction of sp³-hybridized carbons (Fsp3) is 0.182. The van der Waals surface area contributed by atoms with Gasteiger partial charge in [0.05, 0.1) is 12.8 Å². The van der Waals surface area contributed by atoms with Crippen molar-refractivity contribution in [3.05, 3.63) is 66.2 Å². The molecule has 4 aromatic rings. The van der Waals surface area contributed by atoms with Crippen molar-refractivity contribution in [3.63, 3.8) is 0 Å². The molecular formula is C22H21N5O2S. The van der Waals surface area contributed by atoms with Gasteiger partial charge >= 0.3 is 0 Å². The Morgan fingerprint density at radius 1 is 1.10 bits per heavy atom. The van der Waals surface area contributed by atoms with Crippen LogP contribution in [0.25, 0.3) is 16.5 Å². The molecule has 30 heavy (non-hydrogen) atoms. The highest BCUT2D eigenvalue weighted by molar-refractivity contribution is 7.99. The average Bonchev–Trinajstić information content (AvgIpc) is 3.20. The third kappa shape index (κ3) is 4.28. The molecular weight excluding hydrogens is 398 g/mol. The first-order valence-electron chi connectivity index (χ1n) is 9.44. The second-order valence-corrected chi connectivity index (χ2v) is 8.15. The first-order valence-corrected chi connectivity index (χ1v) is 10.3. The van der Waals surface area contributed by atoms with Crippen LogP contribution in [0, 0.1) is 0 Å². The lowest BCUT2D eigenvalue weighted by atomic mass is 10.1. The first kappa shape index (κ1) is 19.9. The fourth-order valence-corrected chi connectivity index (χ4v) is 4.11. The van der Waals surface area contributed by atoms with E-state index in [0.717, 1.165) is 22.2 Å². The highest BCUT2D eigenvalue weighted by Gasteiger charge is 2.16. The third-order valence-corrected chi connectivity index (χ3v) is 5.77. The predicted molar refractivity (Wildman–Crippen MR) is 118 cm³/mol. The molecule has 0 unspecified atom stereocenters. The summed E-state index contributed by atoms with van der Waals surface area (Å²) in [5, 5.41) is 18.1. The van der Waals surface area contributed by atoms with E-state index in [9.17, 15) is 4.79 Å². The van der Waals surface area contributed by atoms with E-state index < -0.39 is 0 Å². The molecule has 0 aliphatic heterocycles. The van der Waals surface area contributed by atoms with Crippen molar-refractivity contribution in [2.24, 2.45) is 0 Å². The van der Waals surface area contributed by atoms with Crippen molar-refractivity contribution in [1.82, 2.24) is 20.2 Å². The Kier molecular flexibility index (Phi) is 5.67. The van der Waals surface area contributed by atoms with Crippen molar-refractivity contribution < 1.29 is 9.53 Å².